The van der Waals surface area contributed by atoms with Gasteiger partial charge in [-0.15, -0.1) is 0 Å². The van der Waals surface area contributed by atoms with E-state index >= 15 is 0 Å². The number of halogens is 1. The predicted molar refractivity (Wildman–Crippen MR) is 75.4 cm³/mol. The molecule has 0 bridgehead atoms. The first-order valence-corrected chi connectivity index (χ1v) is 6.64. The van der Waals surface area contributed by atoms with Crippen molar-refractivity contribution in [3.05, 3.63) is 28.8 Å². The Kier molecular flexibility index (Phi) is 6.47. The fourth-order valence-corrected chi connectivity index (χ4v) is 1.93. The van der Waals surface area contributed by atoms with Crippen molar-refractivity contribution in [2.24, 2.45) is 5.73 Å². The Morgan fingerprint density at radius 1 is 1.39 bits per heavy atom. The van der Waals surface area contributed by atoms with E-state index in [1.165, 1.54) is 0 Å². The summed E-state index contributed by atoms with van der Waals surface area (Å²) in [6, 6.07) is 5.78. The average Bonchev–Trinajstić information content (AvgIpc) is 2.33. The number of rotatable bonds is 7. The van der Waals surface area contributed by atoms with Crippen LogP contribution in [-0.2, 0) is 11.2 Å². The van der Waals surface area contributed by atoms with E-state index in [0.29, 0.717) is 11.6 Å². The lowest BCUT2D eigenvalue weighted by Gasteiger charge is -2.18. The monoisotopic (exact) mass is 271 g/mol. The van der Waals surface area contributed by atoms with Gasteiger partial charge in [0.05, 0.1) is 6.61 Å². The normalized spacial score (nSPS) is 14.3. The predicted octanol–water partition coefficient (Wildman–Crippen LogP) is 3.03. The molecule has 2 N–H and O–H groups in total. The molecule has 0 aromatic heterocycles. The van der Waals surface area contributed by atoms with Crippen molar-refractivity contribution in [1.29, 1.82) is 0 Å². The molecule has 0 saturated carbocycles. The summed E-state index contributed by atoms with van der Waals surface area (Å²) in [5.41, 5.74) is 7.05. The average molecular weight is 272 g/mol. The third kappa shape index (κ3) is 4.84. The van der Waals surface area contributed by atoms with E-state index in [9.17, 15) is 0 Å². The summed E-state index contributed by atoms with van der Waals surface area (Å²) in [6.45, 7) is 4.60. The van der Waals surface area contributed by atoms with Crippen LogP contribution in [0.2, 0.25) is 5.02 Å². The van der Waals surface area contributed by atoms with Crippen molar-refractivity contribution in [3.63, 3.8) is 0 Å². The van der Waals surface area contributed by atoms with Crippen LogP contribution >= 0.6 is 11.6 Å². The molecular weight excluding hydrogens is 250 g/mol. The van der Waals surface area contributed by atoms with Crippen LogP contribution in [0.4, 0.5) is 0 Å². The second-order valence-corrected chi connectivity index (χ2v) is 4.94. The first-order valence-electron chi connectivity index (χ1n) is 6.26. The Bertz CT molecular complexity index is 371. The van der Waals surface area contributed by atoms with Gasteiger partial charge in [0.1, 0.15) is 11.9 Å². The molecule has 0 spiro atoms. The van der Waals surface area contributed by atoms with Crippen molar-refractivity contribution in [1.82, 2.24) is 0 Å². The summed E-state index contributed by atoms with van der Waals surface area (Å²) in [4.78, 5) is 0. The lowest BCUT2D eigenvalue weighted by molar-refractivity contribution is 0.0913. The number of ether oxygens (including phenoxy) is 2. The Morgan fingerprint density at radius 3 is 2.72 bits per heavy atom. The van der Waals surface area contributed by atoms with Crippen LogP contribution < -0.4 is 10.5 Å². The van der Waals surface area contributed by atoms with Crippen molar-refractivity contribution >= 4 is 11.6 Å². The minimum absolute atomic E-state index is 0.00720. The van der Waals surface area contributed by atoms with E-state index in [2.05, 4.69) is 6.92 Å². The molecular formula is C14H22ClNO2. The SMILES string of the molecule is CCC(N)Cc1cc(Cl)ccc1OC(C)COC. The zero-order valence-corrected chi connectivity index (χ0v) is 12.0. The first kappa shape index (κ1) is 15.3. The minimum atomic E-state index is 0.00720. The summed E-state index contributed by atoms with van der Waals surface area (Å²) in [6.07, 6.45) is 1.71. The molecule has 0 amide bonds. The number of nitrogens with two attached hydrogens (primary N) is 1. The van der Waals surface area contributed by atoms with Gasteiger partial charge in [-0.2, -0.15) is 0 Å². The van der Waals surface area contributed by atoms with Crippen LogP contribution in [0.25, 0.3) is 0 Å². The van der Waals surface area contributed by atoms with Gasteiger partial charge in [-0.05, 0) is 43.5 Å². The largest absolute Gasteiger partial charge is 0.488 e. The molecule has 1 rings (SSSR count). The van der Waals surface area contributed by atoms with Crippen LogP contribution in [0.1, 0.15) is 25.8 Å². The van der Waals surface area contributed by atoms with Gasteiger partial charge in [0, 0.05) is 18.2 Å². The van der Waals surface area contributed by atoms with Crippen molar-refractivity contribution in [3.8, 4) is 5.75 Å². The maximum absolute atomic E-state index is 6.02. The molecule has 18 heavy (non-hydrogen) atoms. The molecule has 0 aliphatic rings. The van der Waals surface area contributed by atoms with E-state index in [-0.39, 0.29) is 12.1 Å². The van der Waals surface area contributed by atoms with Gasteiger partial charge in [0.2, 0.25) is 0 Å². The molecule has 0 aliphatic carbocycles. The molecule has 2 unspecified atom stereocenters. The van der Waals surface area contributed by atoms with E-state index in [1.807, 2.05) is 25.1 Å². The van der Waals surface area contributed by atoms with Crippen LogP contribution in [0, 0.1) is 0 Å². The Hall–Kier alpha value is -0.770. The summed E-state index contributed by atoms with van der Waals surface area (Å²) >= 11 is 6.02. The highest BCUT2D eigenvalue weighted by molar-refractivity contribution is 6.30. The summed E-state index contributed by atoms with van der Waals surface area (Å²) in [5.74, 6) is 0.841. The van der Waals surface area contributed by atoms with Crippen LogP contribution in [0.3, 0.4) is 0 Å². The van der Waals surface area contributed by atoms with Crippen molar-refractivity contribution in [2.75, 3.05) is 13.7 Å². The lowest BCUT2D eigenvalue weighted by atomic mass is 10.0. The zero-order chi connectivity index (χ0) is 13.5. The molecule has 0 heterocycles. The lowest BCUT2D eigenvalue weighted by Crippen LogP contribution is -2.23. The van der Waals surface area contributed by atoms with Gasteiger partial charge in [-0.3, -0.25) is 0 Å². The maximum atomic E-state index is 6.02. The molecule has 0 fully saturated rings. The van der Waals surface area contributed by atoms with Crippen molar-refractivity contribution < 1.29 is 9.47 Å². The number of hydrogen-bond acceptors (Lipinski definition) is 3. The first-order chi connectivity index (χ1) is 8.56. The molecule has 1 aromatic carbocycles. The van der Waals surface area contributed by atoms with Crippen LogP contribution in [0.5, 0.6) is 5.75 Å². The maximum Gasteiger partial charge on any atom is 0.123 e. The Balaban J connectivity index is 2.82. The van der Waals surface area contributed by atoms with E-state index in [1.54, 1.807) is 7.11 Å². The summed E-state index contributed by atoms with van der Waals surface area (Å²) in [5, 5.41) is 0.708. The second-order valence-electron chi connectivity index (χ2n) is 4.51. The molecule has 0 saturated heterocycles. The molecule has 2 atom stereocenters. The standard InChI is InChI=1S/C14H22ClNO2/c1-4-13(16)8-11-7-12(15)5-6-14(11)18-10(2)9-17-3/h5-7,10,13H,4,8-9,16H2,1-3H3. The van der Waals surface area contributed by atoms with Crippen molar-refractivity contribution in [2.45, 2.75) is 38.8 Å². The molecule has 3 nitrogen and oxygen atoms in total. The van der Waals surface area contributed by atoms with Gasteiger partial charge in [-0.1, -0.05) is 18.5 Å². The van der Waals surface area contributed by atoms with E-state index < -0.39 is 0 Å². The van der Waals surface area contributed by atoms with Gasteiger partial charge in [0.15, 0.2) is 0 Å². The van der Waals surface area contributed by atoms with Crippen LogP contribution in [0.15, 0.2) is 18.2 Å². The summed E-state index contributed by atoms with van der Waals surface area (Å²) < 4.78 is 10.9. The highest BCUT2D eigenvalue weighted by atomic mass is 35.5. The van der Waals surface area contributed by atoms with Gasteiger partial charge in [0.25, 0.3) is 0 Å². The fourth-order valence-electron chi connectivity index (χ4n) is 1.73. The minimum Gasteiger partial charge on any atom is -0.488 e. The summed E-state index contributed by atoms with van der Waals surface area (Å²) in [7, 11) is 1.66. The molecule has 0 radical (unpaired) electrons. The number of benzene rings is 1. The quantitative estimate of drug-likeness (QED) is 0.829. The number of methoxy groups -OCH3 is 1. The molecule has 1 aromatic rings. The topological polar surface area (TPSA) is 44.5 Å². The Morgan fingerprint density at radius 2 is 2.11 bits per heavy atom. The highest BCUT2D eigenvalue weighted by Crippen LogP contribution is 2.25. The van der Waals surface area contributed by atoms with E-state index in [4.69, 9.17) is 26.8 Å². The van der Waals surface area contributed by atoms with Gasteiger partial charge in [-0.25, -0.2) is 0 Å². The number of hydrogen-bond donors (Lipinski definition) is 1. The van der Waals surface area contributed by atoms with Gasteiger partial charge < -0.3 is 15.2 Å². The smallest absolute Gasteiger partial charge is 0.123 e. The molecule has 102 valence electrons. The molecule has 4 heteroatoms. The highest BCUT2D eigenvalue weighted by Gasteiger charge is 2.11. The second kappa shape index (κ2) is 7.62. The van der Waals surface area contributed by atoms with E-state index in [0.717, 1.165) is 24.2 Å². The van der Waals surface area contributed by atoms with Crippen LogP contribution in [-0.4, -0.2) is 25.9 Å². The third-order valence-electron chi connectivity index (χ3n) is 2.76. The fraction of sp³-hybridized carbons (Fsp3) is 0.571. The Labute approximate surface area is 114 Å². The third-order valence-corrected chi connectivity index (χ3v) is 2.99. The van der Waals surface area contributed by atoms with Gasteiger partial charge >= 0.3 is 0 Å². The zero-order valence-electron chi connectivity index (χ0n) is 11.3. The molecule has 0 aliphatic heterocycles.